The van der Waals surface area contributed by atoms with Gasteiger partial charge in [-0.05, 0) is 42.3 Å². The number of aromatic hydroxyl groups is 1. The molecule has 5 nitrogen and oxygen atoms in total. The zero-order valence-corrected chi connectivity index (χ0v) is 17.3. The fourth-order valence-electron chi connectivity index (χ4n) is 4.11. The van der Waals surface area contributed by atoms with Crippen LogP contribution in [0, 0.1) is 5.82 Å². The van der Waals surface area contributed by atoms with E-state index in [2.05, 4.69) is 10.3 Å². The minimum Gasteiger partial charge on any atom is -0.504 e. The monoisotopic (exact) mass is 468 g/mol. The molecule has 0 radical (unpaired) electrons. The zero-order chi connectivity index (χ0) is 23.4. The van der Waals surface area contributed by atoms with Crippen LogP contribution in [0.15, 0.2) is 47.3 Å². The first-order chi connectivity index (χ1) is 15.0. The zero-order valence-electron chi connectivity index (χ0n) is 16.5. The highest BCUT2D eigenvalue weighted by molar-refractivity contribution is 6.31. The van der Waals surface area contributed by atoms with Gasteiger partial charge in [0.05, 0.1) is 16.6 Å². The fraction of sp³-hybridized carbons (Fsp3) is 0.227. The smallest absolute Gasteiger partial charge is 0.419 e. The van der Waals surface area contributed by atoms with Gasteiger partial charge in [0.15, 0.2) is 17.2 Å². The molecule has 0 bridgehead atoms. The Morgan fingerprint density at radius 3 is 2.66 bits per heavy atom. The molecule has 2 aromatic carbocycles. The summed E-state index contributed by atoms with van der Waals surface area (Å²) in [7, 11) is 0. The maximum Gasteiger partial charge on any atom is 0.419 e. The summed E-state index contributed by atoms with van der Waals surface area (Å²) in [5.74, 6) is -2.05. The summed E-state index contributed by atoms with van der Waals surface area (Å²) in [6.07, 6.45) is -4.73. The highest BCUT2D eigenvalue weighted by Crippen LogP contribution is 2.55. The molecule has 0 saturated carbocycles. The van der Waals surface area contributed by atoms with Gasteiger partial charge in [0.25, 0.3) is 0 Å². The molecule has 168 valence electrons. The van der Waals surface area contributed by atoms with E-state index in [1.54, 1.807) is 6.07 Å². The molecule has 4 N–H and O–H groups in total. The van der Waals surface area contributed by atoms with Crippen LogP contribution in [0.5, 0.6) is 5.75 Å². The van der Waals surface area contributed by atoms with Gasteiger partial charge in [0.2, 0.25) is 5.56 Å². The lowest BCUT2D eigenvalue weighted by molar-refractivity contribution is -0.265. The summed E-state index contributed by atoms with van der Waals surface area (Å²) in [5, 5.41) is 23.8. The second kappa shape index (κ2) is 7.53. The number of nitrogens with one attached hydrogen (secondary N) is 2. The third-order valence-electron chi connectivity index (χ3n) is 5.70. The highest BCUT2D eigenvalue weighted by Gasteiger charge is 2.62. The van der Waals surface area contributed by atoms with Crippen LogP contribution >= 0.6 is 11.6 Å². The van der Waals surface area contributed by atoms with Crippen LogP contribution in [0.25, 0.3) is 16.5 Å². The van der Waals surface area contributed by atoms with Crippen molar-refractivity contribution in [3.8, 4) is 5.75 Å². The van der Waals surface area contributed by atoms with Crippen molar-refractivity contribution in [2.24, 2.45) is 0 Å². The predicted octanol–water partition coefficient (Wildman–Crippen LogP) is 5.28. The van der Waals surface area contributed by atoms with E-state index in [0.717, 1.165) is 6.07 Å². The van der Waals surface area contributed by atoms with Crippen molar-refractivity contribution in [2.45, 2.75) is 31.2 Å². The first-order valence-electron chi connectivity index (χ1n) is 9.52. The van der Waals surface area contributed by atoms with E-state index in [4.69, 9.17) is 11.6 Å². The summed E-state index contributed by atoms with van der Waals surface area (Å²) in [4.78, 5) is 14.2. The molecule has 3 aromatic rings. The number of fused-ring (bicyclic) bond motifs is 2. The third-order valence-corrected chi connectivity index (χ3v) is 5.97. The lowest BCUT2D eigenvalue weighted by atomic mass is 9.72. The number of aliphatic hydroxyl groups is 1. The first kappa shape index (κ1) is 22.2. The molecule has 2 atom stereocenters. The lowest BCUT2D eigenvalue weighted by Crippen LogP contribution is -2.54. The van der Waals surface area contributed by atoms with Crippen molar-refractivity contribution < 1.29 is 27.8 Å². The maximum atomic E-state index is 14.3. The second-order valence-electron chi connectivity index (χ2n) is 7.56. The average Bonchev–Trinajstić information content (AvgIpc) is 2.72. The number of aromatic amines is 1. The number of allylic oxidation sites excluding steroid dienone is 1. The van der Waals surface area contributed by atoms with Gasteiger partial charge in [-0.25, -0.2) is 4.39 Å². The van der Waals surface area contributed by atoms with Gasteiger partial charge in [-0.15, -0.1) is 0 Å². The van der Waals surface area contributed by atoms with Crippen LogP contribution in [-0.4, -0.2) is 27.0 Å². The Labute approximate surface area is 184 Å². The van der Waals surface area contributed by atoms with Crippen molar-refractivity contribution in [2.75, 3.05) is 5.32 Å². The van der Waals surface area contributed by atoms with Crippen molar-refractivity contribution in [1.82, 2.24) is 4.98 Å². The predicted molar refractivity (Wildman–Crippen MR) is 113 cm³/mol. The normalized spacial score (nSPS) is 22.2. The molecule has 0 aliphatic heterocycles. The van der Waals surface area contributed by atoms with Gasteiger partial charge in [0.1, 0.15) is 0 Å². The van der Waals surface area contributed by atoms with Crippen LogP contribution in [0.3, 0.4) is 0 Å². The fourth-order valence-corrected chi connectivity index (χ4v) is 4.32. The molecule has 0 fully saturated rings. The topological polar surface area (TPSA) is 85.4 Å². The van der Waals surface area contributed by atoms with Crippen LogP contribution in [0.1, 0.15) is 30.5 Å². The van der Waals surface area contributed by atoms with Crippen molar-refractivity contribution in [1.29, 1.82) is 0 Å². The average molecular weight is 469 g/mol. The standard InChI is InChI=1S/C22H17ClF4N2O3/c1-2-10-9-21(32,22(25,26)27)20(12-8-13(23)18(24)19(31)17(10)12)29-15-5-3-4-14-11(15)6-7-16(30)28-14/h2-8,20,29,31-32H,9H2,1H3,(H,28,30)/b10-2-. The molecule has 1 aliphatic carbocycles. The van der Waals surface area contributed by atoms with Gasteiger partial charge in [-0.3, -0.25) is 4.79 Å². The van der Waals surface area contributed by atoms with E-state index in [0.29, 0.717) is 10.9 Å². The molecule has 1 heterocycles. The van der Waals surface area contributed by atoms with Crippen molar-refractivity contribution in [3.05, 3.63) is 74.8 Å². The number of phenolic OH excluding ortho intramolecular Hbond substituents is 1. The highest BCUT2D eigenvalue weighted by atomic mass is 35.5. The Hall–Kier alpha value is -3.04. The summed E-state index contributed by atoms with van der Waals surface area (Å²) in [6.45, 7) is 1.43. The Bertz CT molecular complexity index is 1320. The number of rotatable bonds is 2. The Balaban J connectivity index is 1.99. The van der Waals surface area contributed by atoms with Crippen LogP contribution in [0.2, 0.25) is 5.02 Å². The van der Waals surface area contributed by atoms with Gasteiger partial charge in [-0.2, -0.15) is 13.2 Å². The third kappa shape index (κ3) is 3.32. The lowest BCUT2D eigenvalue weighted by Gasteiger charge is -2.44. The van der Waals surface area contributed by atoms with Crippen molar-refractivity contribution >= 4 is 33.8 Å². The second-order valence-corrected chi connectivity index (χ2v) is 7.97. The minimum atomic E-state index is -5.09. The summed E-state index contributed by atoms with van der Waals surface area (Å²) in [5.41, 5.74) is -3.60. The number of phenols is 1. The number of alkyl halides is 3. The summed E-state index contributed by atoms with van der Waals surface area (Å²) in [6, 6.07) is 6.34. The SMILES string of the molecule is C/C=C1/CC(O)(C(F)(F)F)C(Nc2cccc3[nH]c(=O)ccc23)c2cc(Cl)c(F)c(O)c21. The van der Waals surface area contributed by atoms with Gasteiger partial charge in [-0.1, -0.05) is 23.7 Å². The van der Waals surface area contributed by atoms with Gasteiger partial charge < -0.3 is 20.5 Å². The number of hydrogen-bond donors (Lipinski definition) is 4. The quantitative estimate of drug-likeness (QED) is 0.385. The molecular formula is C22H17ClF4N2O3. The Morgan fingerprint density at radius 1 is 1.28 bits per heavy atom. The van der Waals surface area contributed by atoms with E-state index in [9.17, 15) is 32.6 Å². The number of hydrogen-bond acceptors (Lipinski definition) is 4. The molecule has 4 rings (SSSR count). The molecule has 0 spiro atoms. The van der Waals surface area contributed by atoms with Crippen LogP contribution < -0.4 is 10.9 Å². The number of aromatic nitrogens is 1. The molecule has 2 unspecified atom stereocenters. The number of benzene rings is 2. The van der Waals surface area contributed by atoms with Gasteiger partial charge >= 0.3 is 6.18 Å². The number of halogens is 5. The molecular weight excluding hydrogens is 452 g/mol. The van der Waals surface area contributed by atoms with E-state index in [1.165, 1.54) is 37.3 Å². The molecule has 0 amide bonds. The molecule has 1 aromatic heterocycles. The Morgan fingerprint density at radius 2 is 2.00 bits per heavy atom. The summed E-state index contributed by atoms with van der Waals surface area (Å²) < 4.78 is 56.9. The van der Waals surface area contributed by atoms with Crippen LogP contribution in [0.4, 0.5) is 23.2 Å². The van der Waals surface area contributed by atoms with E-state index in [-0.39, 0.29) is 22.4 Å². The van der Waals surface area contributed by atoms with E-state index >= 15 is 0 Å². The van der Waals surface area contributed by atoms with Gasteiger partial charge in [0, 0.05) is 29.1 Å². The molecule has 1 aliphatic rings. The maximum absolute atomic E-state index is 14.3. The van der Waals surface area contributed by atoms with E-state index in [1.807, 2.05) is 0 Å². The molecule has 0 saturated heterocycles. The first-order valence-corrected chi connectivity index (χ1v) is 9.90. The summed E-state index contributed by atoms with van der Waals surface area (Å²) >= 11 is 5.85. The number of pyridine rings is 1. The largest absolute Gasteiger partial charge is 0.504 e. The molecule has 10 heteroatoms. The van der Waals surface area contributed by atoms with Crippen LogP contribution in [-0.2, 0) is 0 Å². The molecule has 32 heavy (non-hydrogen) atoms. The van der Waals surface area contributed by atoms with E-state index < -0.39 is 46.4 Å². The van der Waals surface area contributed by atoms with Crippen molar-refractivity contribution in [3.63, 3.8) is 0 Å². The Kier molecular flexibility index (Phi) is 5.21. The number of H-pyrrole nitrogens is 1. The number of anilines is 1. The minimum absolute atomic E-state index is 0.0757.